The first-order chi connectivity index (χ1) is 17.0. The summed E-state index contributed by atoms with van der Waals surface area (Å²) in [6, 6.07) is 1.88. The lowest BCUT2D eigenvalue weighted by Gasteiger charge is -2.32. The van der Waals surface area contributed by atoms with E-state index < -0.39 is 36.6 Å². The number of fused-ring (bicyclic) bond motifs is 1. The number of nitrogens with zero attached hydrogens (tertiary/aromatic N) is 1. The molecule has 212 valence electrons. The van der Waals surface area contributed by atoms with E-state index in [0.29, 0.717) is 43.4 Å². The Hall–Kier alpha value is -2.66. The molecule has 1 aliphatic rings. The van der Waals surface area contributed by atoms with Gasteiger partial charge in [0.15, 0.2) is 5.78 Å². The van der Waals surface area contributed by atoms with E-state index in [1.165, 1.54) is 0 Å². The first kappa shape index (κ1) is 32.4. The lowest BCUT2D eigenvalue weighted by Crippen LogP contribution is -2.34. The van der Waals surface area contributed by atoms with Crippen molar-refractivity contribution in [2.24, 2.45) is 23.5 Å². The van der Waals surface area contributed by atoms with Crippen LogP contribution in [-0.2, 0) is 33.6 Å². The smallest absolute Gasteiger partial charge is 0.224 e. The molecule has 0 radical (unpaired) electrons. The van der Waals surface area contributed by atoms with Crippen molar-refractivity contribution in [1.29, 1.82) is 0 Å². The Morgan fingerprint density at radius 3 is 2.41 bits per heavy atom. The van der Waals surface area contributed by atoms with Crippen LogP contribution in [0, 0.1) is 17.8 Å². The van der Waals surface area contributed by atoms with Gasteiger partial charge in [0.1, 0.15) is 17.3 Å². The second kappa shape index (κ2) is 14.9. The molecular weight excluding hydrogens is 480 g/mol. The Bertz CT molecular complexity index is 987. The van der Waals surface area contributed by atoms with Crippen molar-refractivity contribution < 1.29 is 42.8 Å². The maximum Gasteiger partial charge on any atom is 0.224 e. The molecule has 10 nitrogen and oxygen atoms in total. The Morgan fingerprint density at radius 1 is 1.19 bits per heavy atom. The monoisotopic (exact) mass is 526 g/mol. The van der Waals surface area contributed by atoms with Crippen molar-refractivity contribution in [3.05, 3.63) is 28.3 Å². The van der Waals surface area contributed by atoms with E-state index in [1.54, 1.807) is 4.90 Å². The normalized spacial score (nSPS) is 16.6. The second-order valence-electron chi connectivity index (χ2n) is 10.1. The number of aromatic hydroxyl groups is 1. The lowest BCUT2D eigenvalue weighted by atomic mass is 9.72. The summed E-state index contributed by atoms with van der Waals surface area (Å²) >= 11 is 0. The molecule has 0 aromatic heterocycles. The Balaban J connectivity index is 0. The molecule has 0 fully saturated rings. The number of hydrogen-bond acceptors (Lipinski definition) is 8. The molecule has 37 heavy (non-hydrogen) atoms. The van der Waals surface area contributed by atoms with Crippen LogP contribution in [0.15, 0.2) is 6.07 Å². The number of aryl methyl sites for hydroxylation is 2. The van der Waals surface area contributed by atoms with E-state index in [1.807, 2.05) is 27.1 Å². The van der Waals surface area contributed by atoms with Crippen molar-refractivity contribution in [3.8, 4) is 5.75 Å². The van der Waals surface area contributed by atoms with Crippen molar-refractivity contribution in [3.63, 3.8) is 0 Å². The van der Waals surface area contributed by atoms with Crippen LogP contribution in [-0.4, -0.2) is 82.8 Å². The number of phenols is 1. The molecule has 3 unspecified atom stereocenters. The highest BCUT2D eigenvalue weighted by Gasteiger charge is 2.35. The maximum absolute atomic E-state index is 13.2. The molecule has 7 N–H and O–H groups in total. The molecule has 3 atom stereocenters. The molecular formula is C27H46N2O8. The van der Waals surface area contributed by atoms with Gasteiger partial charge in [-0.25, -0.2) is 0 Å². The van der Waals surface area contributed by atoms with Crippen molar-refractivity contribution in [2.75, 3.05) is 33.9 Å². The molecule has 2 rings (SSSR count). The highest BCUT2D eigenvalue weighted by molar-refractivity contribution is 6.02. The number of primary amides is 1. The fourth-order valence-electron chi connectivity index (χ4n) is 5.36. The summed E-state index contributed by atoms with van der Waals surface area (Å²) in [4.78, 5) is 50.9. The average Bonchev–Trinajstić information content (AvgIpc) is 2.78. The molecule has 1 aromatic rings. The third-order valence-corrected chi connectivity index (χ3v) is 7.03. The minimum Gasteiger partial charge on any atom is -0.507 e. The van der Waals surface area contributed by atoms with E-state index in [2.05, 4.69) is 0 Å². The van der Waals surface area contributed by atoms with E-state index in [4.69, 9.17) is 5.73 Å². The predicted octanol–water partition coefficient (Wildman–Crippen LogP) is 0.872. The van der Waals surface area contributed by atoms with Gasteiger partial charge in [-0.3, -0.25) is 19.2 Å². The van der Waals surface area contributed by atoms with Gasteiger partial charge in [-0.1, -0.05) is 13.0 Å². The zero-order chi connectivity index (χ0) is 27.0. The third-order valence-electron chi connectivity index (χ3n) is 7.03. The number of hydrogen-bond donors (Lipinski definition) is 4. The summed E-state index contributed by atoms with van der Waals surface area (Å²) in [5.74, 6) is -2.83. The summed E-state index contributed by atoms with van der Waals surface area (Å²) in [5.41, 5.74) is 7.80. The minimum atomic E-state index is -0.845. The number of amides is 1. The number of benzene rings is 1. The molecule has 0 aliphatic heterocycles. The van der Waals surface area contributed by atoms with Crippen LogP contribution in [0.5, 0.6) is 5.75 Å². The zero-order valence-corrected chi connectivity index (χ0v) is 22.1. The molecule has 0 saturated carbocycles. The standard InChI is InChI=1S/C27H40N2O7.H2O.2H2/c1-4-17-12-19(5-6-20(32)14-29(2)3)27(36)26-21(17)10-16(11-24(26)34)9-18(7-8-30)22(15-31)23(33)13-25(28)35;;;/h12,16,18,22,30-31,36H,4-11,13-15H2,1-3H3,(H2,28,35);1H2;2*1H. The number of nitrogens with two attached hydrogens (primary N) is 1. The Morgan fingerprint density at radius 2 is 1.86 bits per heavy atom. The van der Waals surface area contributed by atoms with Gasteiger partial charge < -0.3 is 31.4 Å². The van der Waals surface area contributed by atoms with Gasteiger partial charge in [-0.05, 0) is 74.7 Å². The molecule has 10 heteroatoms. The van der Waals surface area contributed by atoms with Crippen LogP contribution in [0.2, 0.25) is 0 Å². The van der Waals surface area contributed by atoms with Gasteiger partial charge in [0, 0.05) is 28.2 Å². The van der Waals surface area contributed by atoms with E-state index in [-0.39, 0.29) is 57.4 Å². The van der Waals surface area contributed by atoms with Crippen molar-refractivity contribution in [2.45, 2.75) is 58.3 Å². The summed E-state index contributed by atoms with van der Waals surface area (Å²) in [6.07, 6.45) is 2.14. The number of phenolic OH excluding ortho intramolecular Hbond substituents is 1. The number of ketones is 3. The molecule has 0 heterocycles. The van der Waals surface area contributed by atoms with Crippen LogP contribution in [0.3, 0.4) is 0 Å². The van der Waals surface area contributed by atoms with Crippen molar-refractivity contribution >= 4 is 23.3 Å². The number of rotatable bonds is 15. The van der Waals surface area contributed by atoms with Gasteiger partial charge in [-0.15, -0.1) is 0 Å². The third kappa shape index (κ3) is 8.70. The minimum absolute atomic E-state index is 0. The largest absolute Gasteiger partial charge is 0.507 e. The highest BCUT2D eigenvalue weighted by atomic mass is 16.3. The van der Waals surface area contributed by atoms with Gasteiger partial charge in [0.2, 0.25) is 5.91 Å². The number of Topliss-reactive ketones (excluding diaryl/α,β-unsaturated/α-hetero) is 3. The molecule has 1 aromatic carbocycles. The predicted molar refractivity (Wildman–Crippen MR) is 143 cm³/mol. The highest BCUT2D eigenvalue weighted by Crippen LogP contribution is 2.40. The first-order valence-corrected chi connectivity index (χ1v) is 12.6. The van der Waals surface area contributed by atoms with Gasteiger partial charge in [-0.2, -0.15) is 0 Å². The quantitative estimate of drug-likeness (QED) is 0.242. The SMILES string of the molecule is CCc1cc(CCC(=O)CN(C)C)c(O)c2c1CC(CC(CCO)C(CO)C(=O)CC(N)=O)CC2=O.O.[HH].[HH]. The maximum atomic E-state index is 13.2. The average molecular weight is 527 g/mol. The summed E-state index contributed by atoms with van der Waals surface area (Å²) in [5, 5.41) is 30.4. The van der Waals surface area contributed by atoms with Crippen LogP contribution >= 0.6 is 0 Å². The van der Waals surface area contributed by atoms with Crippen LogP contribution in [0.4, 0.5) is 0 Å². The number of aliphatic hydroxyl groups is 2. The lowest BCUT2D eigenvalue weighted by molar-refractivity contribution is -0.131. The van der Waals surface area contributed by atoms with Gasteiger partial charge in [0.25, 0.3) is 0 Å². The van der Waals surface area contributed by atoms with Crippen LogP contribution in [0.25, 0.3) is 0 Å². The Kier molecular flexibility index (Phi) is 13.1. The van der Waals surface area contributed by atoms with E-state index >= 15 is 0 Å². The molecule has 1 aliphatic carbocycles. The molecule has 0 spiro atoms. The van der Waals surface area contributed by atoms with Crippen molar-refractivity contribution in [1.82, 2.24) is 4.90 Å². The molecule has 0 saturated heterocycles. The summed E-state index contributed by atoms with van der Waals surface area (Å²) < 4.78 is 0. The van der Waals surface area contributed by atoms with E-state index in [0.717, 1.165) is 11.1 Å². The molecule has 1 amide bonds. The van der Waals surface area contributed by atoms with Gasteiger partial charge in [0.05, 0.1) is 25.1 Å². The summed E-state index contributed by atoms with van der Waals surface area (Å²) in [7, 11) is 3.64. The number of aliphatic hydroxyl groups excluding tert-OH is 2. The zero-order valence-electron chi connectivity index (χ0n) is 22.1. The number of carbonyl (C=O) groups is 4. The van der Waals surface area contributed by atoms with Crippen LogP contribution in [0.1, 0.15) is 68.9 Å². The Labute approximate surface area is 221 Å². The fourth-order valence-corrected chi connectivity index (χ4v) is 5.36. The van der Waals surface area contributed by atoms with E-state index in [9.17, 15) is 34.5 Å². The van der Waals surface area contributed by atoms with Crippen LogP contribution < -0.4 is 5.73 Å². The first-order valence-electron chi connectivity index (χ1n) is 12.6. The topological polar surface area (TPSA) is 190 Å². The number of carbonyl (C=O) groups excluding carboxylic acids is 4. The summed E-state index contributed by atoms with van der Waals surface area (Å²) in [6.45, 7) is 1.63. The van der Waals surface area contributed by atoms with Gasteiger partial charge >= 0.3 is 0 Å². The second-order valence-corrected chi connectivity index (χ2v) is 10.1. The molecule has 0 bridgehead atoms. The fraction of sp³-hybridized carbons (Fsp3) is 0.630. The number of likely N-dealkylation sites (N-methyl/N-ethyl adjacent to an activating group) is 1.